The molecule has 1 aliphatic heterocycles. The van der Waals surface area contributed by atoms with Crippen LogP contribution in [0.25, 0.3) is 0 Å². The van der Waals surface area contributed by atoms with E-state index in [1.165, 1.54) is 18.3 Å². The number of benzene rings is 2. The lowest BCUT2D eigenvalue weighted by atomic mass is 10.1. The van der Waals surface area contributed by atoms with Gasteiger partial charge in [-0.1, -0.05) is 30.3 Å². The van der Waals surface area contributed by atoms with Crippen molar-refractivity contribution in [3.63, 3.8) is 0 Å². The Kier molecular flexibility index (Phi) is 4.65. The topological polar surface area (TPSA) is 61.8 Å². The SMILES string of the molecule is O=C(N/N=C/c1ccc(F)cc1)C1CC(=O)N(c2ccccc2)C1. The highest BCUT2D eigenvalue weighted by molar-refractivity contribution is 6.00. The molecule has 3 rings (SSSR count). The lowest BCUT2D eigenvalue weighted by Gasteiger charge is -2.16. The molecule has 0 aliphatic carbocycles. The van der Waals surface area contributed by atoms with Crippen LogP contribution in [0.2, 0.25) is 0 Å². The first kappa shape index (κ1) is 15.9. The number of carbonyl (C=O) groups excluding carboxylic acids is 2. The highest BCUT2D eigenvalue weighted by Gasteiger charge is 2.34. The molecule has 1 N–H and O–H groups in total. The molecule has 1 heterocycles. The van der Waals surface area contributed by atoms with Gasteiger partial charge < -0.3 is 4.90 Å². The van der Waals surface area contributed by atoms with Crippen molar-refractivity contribution in [2.24, 2.45) is 11.0 Å². The van der Waals surface area contributed by atoms with Gasteiger partial charge in [0.05, 0.1) is 12.1 Å². The molecule has 0 spiro atoms. The maximum atomic E-state index is 12.8. The number of hydrogen-bond acceptors (Lipinski definition) is 3. The lowest BCUT2D eigenvalue weighted by molar-refractivity contribution is -0.126. The molecule has 0 saturated carbocycles. The van der Waals surface area contributed by atoms with Crippen molar-refractivity contribution in [1.29, 1.82) is 0 Å². The third kappa shape index (κ3) is 3.65. The summed E-state index contributed by atoms with van der Waals surface area (Å²) >= 11 is 0. The van der Waals surface area contributed by atoms with Gasteiger partial charge in [-0.2, -0.15) is 5.10 Å². The summed E-state index contributed by atoms with van der Waals surface area (Å²) in [7, 11) is 0. The van der Waals surface area contributed by atoms with Gasteiger partial charge in [-0.15, -0.1) is 0 Å². The summed E-state index contributed by atoms with van der Waals surface area (Å²) in [5, 5.41) is 3.86. The van der Waals surface area contributed by atoms with Crippen LogP contribution in [0, 0.1) is 11.7 Å². The molecule has 1 atom stereocenters. The molecule has 0 bridgehead atoms. The van der Waals surface area contributed by atoms with Crippen LogP contribution in [0.3, 0.4) is 0 Å². The molecule has 2 amide bonds. The number of amides is 2. The van der Waals surface area contributed by atoms with E-state index >= 15 is 0 Å². The number of hydrogen-bond donors (Lipinski definition) is 1. The second-order valence-corrected chi connectivity index (χ2v) is 5.53. The summed E-state index contributed by atoms with van der Waals surface area (Å²) in [6, 6.07) is 15.0. The predicted octanol–water partition coefficient (Wildman–Crippen LogP) is 2.33. The first-order valence-electron chi connectivity index (χ1n) is 7.57. The van der Waals surface area contributed by atoms with Crippen LogP contribution in [0.1, 0.15) is 12.0 Å². The number of hydrazone groups is 1. The molecule has 2 aromatic carbocycles. The van der Waals surface area contributed by atoms with Crippen molar-refractivity contribution in [2.75, 3.05) is 11.4 Å². The van der Waals surface area contributed by atoms with E-state index in [9.17, 15) is 14.0 Å². The van der Waals surface area contributed by atoms with Crippen LogP contribution in [-0.2, 0) is 9.59 Å². The van der Waals surface area contributed by atoms with E-state index < -0.39 is 5.92 Å². The maximum Gasteiger partial charge on any atom is 0.245 e. The Hall–Kier alpha value is -3.02. The Labute approximate surface area is 138 Å². The van der Waals surface area contributed by atoms with E-state index in [1.54, 1.807) is 17.0 Å². The van der Waals surface area contributed by atoms with E-state index in [2.05, 4.69) is 10.5 Å². The van der Waals surface area contributed by atoms with E-state index in [0.29, 0.717) is 12.1 Å². The summed E-state index contributed by atoms with van der Waals surface area (Å²) < 4.78 is 12.8. The van der Waals surface area contributed by atoms with Gasteiger partial charge in [0, 0.05) is 18.7 Å². The summed E-state index contributed by atoms with van der Waals surface area (Å²) in [6.45, 7) is 0.334. The van der Waals surface area contributed by atoms with Gasteiger partial charge in [0.2, 0.25) is 11.8 Å². The van der Waals surface area contributed by atoms with Gasteiger partial charge in [0.25, 0.3) is 0 Å². The number of rotatable bonds is 4. The van der Waals surface area contributed by atoms with Crippen LogP contribution in [0.4, 0.5) is 10.1 Å². The monoisotopic (exact) mass is 325 g/mol. The highest BCUT2D eigenvalue weighted by Crippen LogP contribution is 2.24. The molecular formula is C18H16FN3O2. The highest BCUT2D eigenvalue weighted by atomic mass is 19.1. The van der Waals surface area contributed by atoms with Crippen LogP contribution >= 0.6 is 0 Å². The Morgan fingerprint density at radius 3 is 2.58 bits per heavy atom. The molecule has 1 fully saturated rings. The minimum atomic E-state index is -0.442. The van der Waals surface area contributed by atoms with Gasteiger partial charge in [-0.05, 0) is 29.8 Å². The third-order valence-corrected chi connectivity index (χ3v) is 3.82. The van der Waals surface area contributed by atoms with Crippen molar-refractivity contribution in [2.45, 2.75) is 6.42 Å². The molecule has 0 radical (unpaired) electrons. The smallest absolute Gasteiger partial charge is 0.245 e. The summed E-state index contributed by atoms with van der Waals surface area (Å²) in [5.74, 6) is -1.16. The lowest BCUT2D eigenvalue weighted by Crippen LogP contribution is -2.30. The van der Waals surface area contributed by atoms with Crippen LogP contribution in [0.15, 0.2) is 59.7 Å². The quantitative estimate of drug-likeness (QED) is 0.693. The Balaban J connectivity index is 1.58. The molecule has 1 unspecified atom stereocenters. The minimum Gasteiger partial charge on any atom is -0.312 e. The van der Waals surface area contributed by atoms with Gasteiger partial charge in [0.15, 0.2) is 0 Å². The van der Waals surface area contributed by atoms with Crippen molar-refractivity contribution in [1.82, 2.24) is 5.43 Å². The fourth-order valence-electron chi connectivity index (χ4n) is 2.55. The predicted molar refractivity (Wildman–Crippen MR) is 89.0 cm³/mol. The molecule has 6 heteroatoms. The van der Waals surface area contributed by atoms with Gasteiger partial charge >= 0.3 is 0 Å². The Morgan fingerprint density at radius 2 is 1.88 bits per heavy atom. The number of halogens is 1. The van der Waals surface area contributed by atoms with Crippen LogP contribution in [0.5, 0.6) is 0 Å². The van der Waals surface area contributed by atoms with Crippen LogP contribution in [-0.4, -0.2) is 24.6 Å². The van der Waals surface area contributed by atoms with Gasteiger partial charge in [0.1, 0.15) is 5.82 Å². The third-order valence-electron chi connectivity index (χ3n) is 3.82. The summed E-state index contributed by atoms with van der Waals surface area (Å²) in [4.78, 5) is 25.8. The fourth-order valence-corrected chi connectivity index (χ4v) is 2.55. The zero-order valence-corrected chi connectivity index (χ0v) is 12.9. The number of nitrogens with zero attached hydrogens (tertiary/aromatic N) is 2. The van der Waals surface area contributed by atoms with Crippen molar-refractivity contribution >= 4 is 23.7 Å². The Bertz CT molecular complexity index is 760. The number of anilines is 1. The molecule has 2 aromatic rings. The number of carbonyl (C=O) groups is 2. The second kappa shape index (κ2) is 7.04. The largest absolute Gasteiger partial charge is 0.312 e. The molecule has 122 valence electrons. The van der Waals surface area contributed by atoms with Crippen molar-refractivity contribution in [3.05, 3.63) is 66.0 Å². The van der Waals surface area contributed by atoms with Crippen molar-refractivity contribution < 1.29 is 14.0 Å². The first-order valence-corrected chi connectivity index (χ1v) is 7.57. The minimum absolute atomic E-state index is 0.0798. The normalized spacial score (nSPS) is 17.5. The van der Waals surface area contributed by atoms with Crippen molar-refractivity contribution in [3.8, 4) is 0 Å². The maximum absolute atomic E-state index is 12.8. The molecule has 1 saturated heterocycles. The summed E-state index contributed by atoms with van der Waals surface area (Å²) in [5.41, 5.74) is 3.89. The van der Waals surface area contributed by atoms with Crippen LogP contribution < -0.4 is 10.3 Å². The van der Waals surface area contributed by atoms with E-state index in [-0.39, 0.29) is 24.1 Å². The second-order valence-electron chi connectivity index (χ2n) is 5.53. The molecule has 5 nitrogen and oxygen atoms in total. The van der Waals surface area contributed by atoms with E-state index in [4.69, 9.17) is 0 Å². The van der Waals surface area contributed by atoms with Gasteiger partial charge in [-0.3, -0.25) is 9.59 Å². The Morgan fingerprint density at radius 1 is 1.17 bits per heavy atom. The average molecular weight is 325 g/mol. The zero-order chi connectivity index (χ0) is 16.9. The number of para-hydroxylation sites is 1. The van der Waals surface area contributed by atoms with Gasteiger partial charge in [-0.25, -0.2) is 9.82 Å². The van der Waals surface area contributed by atoms with E-state index in [0.717, 1.165) is 5.69 Å². The average Bonchev–Trinajstić information content (AvgIpc) is 2.99. The standard InChI is InChI=1S/C18H16FN3O2/c19-15-8-6-13(7-9-15)11-20-21-18(24)14-10-17(23)22(12-14)16-4-2-1-3-5-16/h1-9,11,14H,10,12H2,(H,21,24)/b20-11+. The molecule has 0 aromatic heterocycles. The molecular weight excluding hydrogens is 309 g/mol. The number of nitrogens with one attached hydrogen (secondary N) is 1. The zero-order valence-electron chi connectivity index (χ0n) is 12.9. The molecule has 1 aliphatic rings. The van der Waals surface area contributed by atoms with E-state index in [1.807, 2.05) is 30.3 Å². The first-order chi connectivity index (χ1) is 11.6. The molecule has 24 heavy (non-hydrogen) atoms. The fraction of sp³-hybridized carbons (Fsp3) is 0.167. The summed E-state index contributed by atoms with van der Waals surface area (Å²) in [6.07, 6.45) is 1.59.